The van der Waals surface area contributed by atoms with E-state index in [1.54, 1.807) is 6.07 Å². The number of carbonyl (C=O) groups excluding carboxylic acids is 2. The molecule has 15 heteroatoms. The second kappa shape index (κ2) is 11.1. The van der Waals surface area contributed by atoms with Gasteiger partial charge in [-0.2, -0.15) is 0 Å². The highest BCUT2D eigenvalue weighted by Crippen LogP contribution is 2.23. The molecule has 3 rings (SSSR count). The van der Waals surface area contributed by atoms with Gasteiger partial charge in [-0.3, -0.25) is 9.48 Å². The van der Waals surface area contributed by atoms with E-state index in [2.05, 4.69) is 36.0 Å². The van der Waals surface area contributed by atoms with Crippen molar-refractivity contribution in [2.45, 2.75) is 38.8 Å². The minimum absolute atomic E-state index is 0.00965. The molecule has 2 heterocycles. The summed E-state index contributed by atoms with van der Waals surface area (Å²) in [6.07, 6.45) is -1.05. The number of carbonyl (C=O) groups is 2. The quantitative estimate of drug-likeness (QED) is 0.418. The third kappa shape index (κ3) is 7.75. The Bertz CT molecular complexity index is 1110. The maximum Gasteiger partial charge on any atom is 0.573 e. The second-order valence-electron chi connectivity index (χ2n) is 6.91. The highest BCUT2D eigenvalue weighted by atomic mass is 19.4. The molecule has 0 aliphatic heterocycles. The van der Waals surface area contributed by atoms with Gasteiger partial charge in [0.1, 0.15) is 5.75 Å². The number of nitrogens with one attached hydrogen (secondary N) is 2. The van der Waals surface area contributed by atoms with Gasteiger partial charge >= 0.3 is 12.5 Å². The van der Waals surface area contributed by atoms with Gasteiger partial charge in [0.05, 0.1) is 12.4 Å². The lowest BCUT2D eigenvalue weighted by atomic mass is 10.2. The molecule has 1 aromatic carbocycles. The molecule has 0 atom stereocenters. The van der Waals surface area contributed by atoms with Crippen LogP contribution in [-0.2, 0) is 19.6 Å². The number of halogens is 3. The summed E-state index contributed by atoms with van der Waals surface area (Å²) in [6, 6.07) is 5.31. The second-order valence-corrected chi connectivity index (χ2v) is 6.91. The normalized spacial score (nSPS) is 11.2. The van der Waals surface area contributed by atoms with Crippen molar-refractivity contribution in [1.82, 2.24) is 40.6 Å². The lowest BCUT2D eigenvalue weighted by Gasteiger charge is -2.10. The Morgan fingerprint density at radius 3 is 2.47 bits per heavy atom. The van der Waals surface area contributed by atoms with Crippen LogP contribution in [0, 0.1) is 0 Å². The number of ether oxygens (including phenoxy) is 2. The Morgan fingerprint density at radius 1 is 1.06 bits per heavy atom. The Balaban J connectivity index is 1.40. The minimum atomic E-state index is -4.79. The molecule has 0 fully saturated rings. The molecule has 0 spiro atoms. The molecule has 0 unspecified atom stereocenters. The van der Waals surface area contributed by atoms with Gasteiger partial charge in [-0.25, -0.2) is 9.48 Å². The van der Waals surface area contributed by atoms with Gasteiger partial charge in [-0.1, -0.05) is 27.7 Å². The number of hydrogen-bond donors (Lipinski definition) is 2. The number of aryl methyl sites for hydroxylation is 2. The molecule has 34 heavy (non-hydrogen) atoms. The van der Waals surface area contributed by atoms with Crippen LogP contribution >= 0.6 is 0 Å². The van der Waals surface area contributed by atoms with Crippen LogP contribution in [0.3, 0.4) is 0 Å². The summed E-state index contributed by atoms with van der Waals surface area (Å²) in [6.45, 7) is 1.01. The van der Waals surface area contributed by atoms with Crippen LogP contribution in [-0.4, -0.2) is 55.4 Å². The third-order valence-corrected chi connectivity index (χ3v) is 4.30. The zero-order valence-electron chi connectivity index (χ0n) is 17.9. The molecule has 182 valence electrons. The summed E-state index contributed by atoms with van der Waals surface area (Å²) in [5, 5.41) is 20.2. The predicted octanol–water partition coefficient (Wildman–Crippen LogP) is 1.90. The minimum Gasteiger partial charge on any atom is -0.406 e. The number of unbranched alkanes of at least 4 members (excludes halogenated alkanes) is 1. The van der Waals surface area contributed by atoms with E-state index in [1.807, 2.05) is 0 Å². The molecule has 0 saturated carbocycles. The summed E-state index contributed by atoms with van der Waals surface area (Å²) < 4.78 is 48.8. The summed E-state index contributed by atoms with van der Waals surface area (Å²) in [4.78, 5) is 23.4. The standard InChI is InChI=1S/C19H21F3N8O4/c1-23-18(32)33-16-12-30(28-26-16)8-3-2-7-29-11-15(25-27-29)17(31)24-10-13-5-4-6-14(9-13)34-19(20,21)22/h4-6,9,11-12H,2-3,7-8,10H2,1H3,(H,23,32)(H,24,31). The fourth-order valence-corrected chi connectivity index (χ4v) is 2.77. The molecule has 3 aromatic rings. The van der Waals surface area contributed by atoms with E-state index in [9.17, 15) is 22.8 Å². The number of benzene rings is 1. The van der Waals surface area contributed by atoms with E-state index in [-0.39, 0.29) is 23.9 Å². The number of aromatic nitrogens is 6. The van der Waals surface area contributed by atoms with Crippen molar-refractivity contribution in [1.29, 1.82) is 0 Å². The van der Waals surface area contributed by atoms with Crippen molar-refractivity contribution in [2.75, 3.05) is 7.05 Å². The summed E-state index contributed by atoms with van der Waals surface area (Å²) in [5.41, 5.74) is 0.509. The van der Waals surface area contributed by atoms with Crippen molar-refractivity contribution in [2.24, 2.45) is 0 Å². The van der Waals surface area contributed by atoms with Gasteiger partial charge in [0.15, 0.2) is 5.69 Å². The molecule has 2 aromatic heterocycles. The Morgan fingerprint density at radius 2 is 1.76 bits per heavy atom. The van der Waals surface area contributed by atoms with Crippen LogP contribution in [0.2, 0.25) is 0 Å². The zero-order chi connectivity index (χ0) is 24.6. The monoisotopic (exact) mass is 482 g/mol. The van der Waals surface area contributed by atoms with E-state index in [0.29, 0.717) is 31.5 Å². The highest BCUT2D eigenvalue weighted by Gasteiger charge is 2.31. The maximum absolute atomic E-state index is 12.3. The van der Waals surface area contributed by atoms with Gasteiger partial charge in [-0.15, -0.1) is 18.3 Å². The van der Waals surface area contributed by atoms with Crippen LogP contribution in [0.15, 0.2) is 36.7 Å². The summed E-state index contributed by atoms with van der Waals surface area (Å²) in [7, 11) is 1.43. The molecule has 0 radical (unpaired) electrons. The van der Waals surface area contributed by atoms with Crippen LogP contribution in [0.1, 0.15) is 28.9 Å². The SMILES string of the molecule is CNC(=O)Oc1cn(CCCCn2cc(C(=O)NCc3cccc(OC(F)(F)F)c3)nn2)nn1. The third-order valence-electron chi connectivity index (χ3n) is 4.30. The first-order valence-electron chi connectivity index (χ1n) is 10.0. The van der Waals surface area contributed by atoms with Gasteiger partial charge in [0.2, 0.25) is 0 Å². The molecular weight excluding hydrogens is 461 g/mol. The lowest BCUT2D eigenvalue weighted by Crippen LogP contribution is -2.23. The molecule has 0 saturated heterocycles. The van der Waals surface area contributed by atoms with Crippen molar-refractivity contribution in [3.63, 3.8) is 0 Å². The predicted molar refractivity (Wildman–Crippen MR) is 109 cm³/mol. The number of nitrogens with zero attached hydrogens (tertiary/aromatic N) is 6. The topological polar surface area (TPSA) is 138 Å². The number of alkyl halides is 3. The lowest BCUT2D eigenvalue weighted by molar-refractivity contribution is -0.274. The van der Waals surface area contributed by atoms with Crippen molar-refractivity contribution < 1.29 is 32.2 Å². The van der Waals surface area contributed by atoms with Crippen molar-refractivity contribution in [3.05, 3.63) is 47.9 Å². The average molecular weight is 482 g/mol. The number of amides is 2. The molecular formula is C19H21F3N8O4. The number of rotatable bonds is 10. The van der Waals surface area contributed by atoms with Crippen LogP contribution in [0.25, 0.3) is 0 Å². The van der Waals surface area contributed by atoms with E-state index in [4.69, 9.17) is 4.74 Å². The molecule has 0 aliphatic rings. The molecule has 2 amide bonds. The van der Waals surface area contributed by atoms with Gasteiger partial charge in [0, 0.05) is 26.7 Å². The molecule has 2 N–H and O–H groups in total. The van der Waals surface area contributed by atoms with Crippen LogP contribution in [0.5, 0.6) is 11.6 Å². The van der Waals surface area contributed by atoms with Crippen LogP contribution < -0.4 is 20.1 Å². The Labute approximate surface area is 191 Å². The fraction of sp³-hybridized carbons (Fsp3) is 0.368. The van der Waals surface area contributed by atoms with E-state index < -0.39 is 18.4 Å². The maximum atomic E-state index is 12.3. The number of hydrogen-bond acceptors (Lipinski definition) is 8. The molecule has 0 bridgehead atoms. The van der Waals surface area contributed by atoms with E-state index in [1.165, 1.54) is 47.0 Å². The first kappa shape index (κ1) is 24.5. The summed E-state index contributed by atoms with van der Waals surface area (Å²) >= 11 is 0. The fourth-order valence-electron chi connectivity index (χ4n) is 2.77. The van der Waals surface area contributed by atoms with Gasteiger partial charge < -0.3 is 20.1 Å². The van der Waals surface area contributed by atoms with Crippen molar-refractivity contribution >= 4 is 12.0 Å². The van der Waals surface area contributed by atoms with Crippen molar-refractivity contribution in [3.8, 4) is 11.6 Å². The van der Waals surface area contributed by atoms with Gasteiger partial charge in [0.25, 0.3) is 11.8 Å². The Kier molecular flexibility index (Phi) is 8.00. The van der Waals surface area contributed by atoms with E-state index in [0.717, 1.165) is 0 Å². The smallest absolute Gasteiger partial charge is 0.406 e. The van der Waals surface area contributed by atoms with E-state index >= 15 is 0 Å². The highest BCUT2D eigenvalue weighted by molar-refractivity contribution is 5.91. The van der Waals surface area contributed by atoms with Crippen LogP contribution in [0.4, 0.5) is 18.0 Å². The Hall–Kier alpha value is -4.17. The molecule has 12 nitrogen and oxygen atoms in total. The first-order valence-corrected chi connectivity index (χ1v) is 10.0. The average Bonchev–Trinajstić information content (AvgIpc) is 3.44. The largest absolute Gasteiger partial charge is 0.573 e. The zero-order valence-corrected chi connectivity index (χ0v) is 17.9. The molecule has 0 aliphatic carbocycles. The first-order chi connectivity index (χ1) is 16.2. The van der Waals surface area contributed by atoms with Gasteiger partial charge in [-0.05, 0) is 30.5 Å². The summed E-state index contributed by atoms with van der Waals surface area (Å²) in [5.74, 6) is -0.795.